The van der Waals surface area contributed by atoms with Gasteiger partial charge < -0.3 is 10.5 Å². The summed E-state index contributed by atoms with van der Waals surface area (Å²) in [5.41, 5.74) is 5.72. The topological polar surface area (TPSA) is 98.5 Å². The van der Waals surface area contributed by atoms with Gasteiger partial charge in [-0.2, -0.15) is 0 Å². The van der Waals surface area contributed by atoms with Crippen molar-refractivity contribution in [3.8, 4) is 5.75 Å². The number of rotatable bonds is 6. The molecule has 1 amide bonds. The number of carbonyl (C=O) groups is 1. The molecule has 2 aromatic carbocycles. The largest absolute Gasteiger partial charge is 0.483 e. The Morgan fingerprint density at radius 1 is 1.29 bits per heavy atom. The number of aryl methyl sites for hydroxylation is 1. The zero-order valence-electron chi connectivity index (χ0n) is 12.5. The molecular formula is C15H14ClFN2O4S. The third-order valence-corrected chi connectivity index (χ3v) is 4.83. The van der Waals surface area contributed by atoms with Crippen molar-refractivity contribution in [2.45, 2.75) is 11.8 Å². The minimum absolute atomic E-state index is 0.0199. The van der Waals surface area contributed by atoms with Crippen molar-refractivity contribution in [2.75, 3.05) is 11.3 Å². The van der Waals surface area contributed by atoms with Gasteiger partial charge in [-0.05, 0) is 42.8 Å². The lowest BCUT2D eigenvalue weighted by Gasteiger charge is -2.13. The first kappa shape index (κ1) is 18.0. The predicted molar refractivity (Wildman–Crippen MR) is 88.1 cm³/mol. The van der Waals surface area contributed by atoms with Crippen molar-refractivity contribution in [3.05, 3.63) is 52.8 Å². The van der Waals surface area contributed by atoms with Crippen LogP contribution < -0.4 is 15.2 Å². The Morgan fingerprint density at radius 2 is 1.92 bits per heavy atom. The van der Waals surface area contributed by atoms with E-state index >= 15 is 0 Å². The van der Waals surface area contributed by atoms with Crippen LogP contribution >= 0.6 is 11.6 Å². The molecule has 0 heterocycles. The highest BCUT2D eigenvalue weighted by atomic mass is 35.5. The van der Waals surface area contributed by atoms with Crippen LogP contribution in [-0.4, -0.2) is 20.9 Å². The SMILES string of the molecule is Cc1cc(Cl)c(S(=O)(=O)Nc2ccc(F)cc2)cc1OCC(N)=O. The first-order chi connectivity index (χ1) is 11.2. The summed E-state index contributed by atoms with van der Waals surface area (Å²) in [6.45, 7) is 1.25. The van der Waals surface area contributed by atoms with E-state index in [-0.39, 0.29) is 21.4 Å². The molecule has 0 aliphatic heterocycles. The van der Waals surface area contributed by atoms with Crippen molar-refractivity contribution >= 4 is 33.2 Å². The highest BCUT2D eigenvalue weighted by Crippen LogP contribution is 2.31. The summed E-state index contributed by atoms with van der Waals surface area (Å²) < 4.78 is 45.3. The summed E-state index contributed by atoms with van der Waals surface area (Å²) in [6, 6.07) is 7.40. The molecule has 0 radical (unpaired) electrons. The van der Waals surface area contributed by atoms with Crippen LogP contribution in [0.5, 0.6) is 5.75 Å². The maximum atomic E-state index is 12.9. The van der Waals surface area contributed by atoms with Crippen LogP contribution in [-0.2, 0) is 14.8 Å². The van der Waals surface area contributed by atoms with Gasteiger partial charge in [0.15, 0.2) is 6.61 Å². The quantitative estimate of drug-likeness (QED) is 0.813. The van der Waals surface area contributed by atoms with Crippen molar-refractivity contribution < 1.29 is 22.3 Å². The Bertz CT molecular complexity index is 870. The van der Waals surface area contributed by atoms with E-state index < -0.39 is 28.4 Å². The summed E-state index contributed by atoms with van der Waals surface area (Å²) in [4.78, 5) is 10.6. The van der Waals surface area contributed by atoms with Crippen LogP contribution in [0.4, 0.5) is 10.1 Å². The predicted octanol–water partition coefficient (Wildman–Crippen LogP) is 2.45. The van der Waals surface area contributed by atoms with Gasteiger partial charge in [-0.25, -0.2) is 12.8 Å². The molecule has 0 saturated heterocycles. The van der Waals surface area contributed by atoms with Gasteiger partial charge in [0.25, 0.3) is 15.9 Å². The average Bonchev–Trinajstić information content (AvgIpc) is 2.48. The van der Waals surface area contributed by atoms with Gasteiger partial charge in [0, 0.05) is 11.8 Å². The van der Waals surface area contributed by atoms with Crippen LogP contribution in [0.2, 0.25) is 5.02 Å². The van der Waals surface area contributed by atoms with Gasteiger partial charge in [0.05, 0.1) is 5.02 Å². The van der Waals surface area contributed by atoms with E-state index in [0.717, 1.165) is 12.1 Å². The van der Waals surface area contributed by atoms with Gasteiger partial charge in [-0.1, -0.05) is 11.6 Å². The molecule has 0 fully saturated rings. The molecule has 0 aliphatic carbocycles. The zero-order chi connectivity index (χ0) is 17.9. The van der Waals surface area contributed by atoms with Crippen molar-refractivity contribution in [3.63, 3.8) is 0 Å². The van der Waals surface area contributed by atoms with E-state index in [1.165, 1.54) is 24.3 Å². The number of nitrogens with one attached hydrogen (secondary N) is 1. The molecule has 24 heavy (non-hydrogen) atoms. The van der Waals surface area contributed by atoms with Crippen LogP contribution in [0.3, 0.4) is 0 Å². The molecule has 0 unspecified atom stereocenters. The summed E-state index contributed by atoms with van der Waals surface area (Å²) in [7, 11) is -4.04. The standard InChI is InChI=1S/C15H14ClFN2O4S/c1-9-6-12(16)14(7-13(9)23-8-15(18)20)24(21,22)19-11-4-2-10(17)3-5-11/h2-7,19H,8H2,1H3,(H2,18,20). The smallest absolute Gasteiger partial charge is 0.263 e. The van der Waals surface area contributed by atoms with Crippen LogP contribution in [0.15, 0.2) is 41.3 Å². The van der Waals surface area contributed by atoms with E-state index in [1.54, 1.807) is 6.92 Å². The number of halogens is 2. The minimum Gasteiger partial charge on any atom is -0.483 e. The number of amides is 1. The minimum atomic E-state index is -4.04. The monoisotopic (exact) mass is 372 g/mol. The highest BCUT2D eigenvalue weighted by molar-refractivity contribution is 7.92. The number of sulfonamides is 1. The molecule has 0 bridgehead atoms. The number of ether oxygens (including phenoxy) is 1. The normalized spacial score (nSPS) is 11.1. The number of benzene rings is 2. The number of carbonyl (C=O) groups excluding carboxylic acids is 1. The van der Waals surface area contributed by atoms with Crippen molar-refractivity contribution in [1.82, 2.24) is 0 Å². The molecule has 0 spiro atoms. The van der Waals surface area contributed by atoms with Crippen molar-refractivity contribution in [1.29, 1.82) is 0 Å². The first-order valence-corrected chi connectivity index (χ1v) is 8.55. The number of primary amides is 1. The van der Waals surface area contributed by atoms with Gasteiger partial charge in [0.2, 0.25) is 0 Å². The van der Waals surface area contributed by atoms with Crippen LogP contribution in [0.25, 0.3) is 0 Å². The maximum Gasteiger partial charge on any atom is 0.263 e. The Hall–Kier alpha value is -2.32. The summed E-state index contributed by atoms with van der Waals surface area (Å²) >= 11 is 6.01. The Kier molecular flexibility index (Phi) is 5.30. The van der Waals surface area contributed by atoms with E-state index in [2.05, 4.69) is 4.72 Å². The van der Waals surface area contributed by atoms with Gasteiger partial charge >= 0.3 is 0 Å². The van der Waals surface area contributed by atoms with E-state index in [1.807, 2.05) is 0 Å². The zero-order valence-corrected chi connectivity index (χ0v) is 14.1. The number of hydrogen-bond donors (Lipinski definition) is 2. The molecule has 2 aromatic rings. The molecule has 0 aromatic heterocycles. The van der Waals surface area contributed by atoms with Gasteiger partial charge in [0.1, 0.15) is 16.5 Å². The number of nitrogens with two attached hydrogens (primary N) is 1. The Labute approximate surface area is 143 Å². The fraction of sp³-hybridized carbons (Fsp3) is 0.133. The Balaban J connectivity index is 2.36. The van der Waals surface area contributed by atoms with Crippen LogP contribution in [0, 0.1) is 12.7 Å². The third-order valence-electron chi connectivity index (χ3n) is 2.99. The second-order valence-corrected chi connectivity index (χ2v) is 6.97. The average molecular weight is 373 g/mol. The van der Waals surface area contributed by atoms with Gasteiger partial charge in [-0.15, -0.1) is 0 Å². The molecule has 0 aliphatic rings. The van der Waals surface area contributed by atoms with E-state index in [9.17, 15) is 17.6 Å². The van der Waals surface area contributed by atoms with Gasteiger partial charge in [-0.3, -0.25) is 9.52 Å². The molecule has 2 rings (SSSR count). The third kappa shape index (κ3) is 4.36. The van der Waals surface area contributed by atoms with Crippen molar-refractivity contribution in [2.24, 2.45) is 5.73 Å². The van der Waals surface area contributed by atoms with E-state index in [0.29, 0.717) is 5.56 Å². The Morgan fingerprint density at radius 3 is 2.50 bits per heavy atom. The molecule has 128 valence electrons. The maximum absolute atomic E-state index is 12.9. The second kappa shape index (κ2) is 7.06. The molecule has 3 N–H and O–H groups in total. The molecule has 0 saturated carbocycles. The lowest BCUT2D eigenvalue weighted by atomic mass is 10.2. The molecular weight excluding hydrogens is 359 g/mol. The number of anilines is 1. The fourth-order valence-corrected chi connectivity index (χ4v) is 3.53. The van der Waals surface area contributed by atoms with E-state index in [4.69, 9.17) is 22.1 Å². The lowest BCUT2D eigenvalue weighted by molar-refractivity contribution is -0.119. The summed E-state index contributed by atoms with van der Waals surface area (Å²) in [5.74, 6) is -1.02. The number of hydrogen-bond acceptors (Lipinski definition) is 4. The second-order valence-electron chi connectivity index (χ2n) is 4.92. The van der Waals surface area contributed by atoms with Crippen LogP contribution in [0.1, 0.15) is 5.56 Å². The summed E-state index contributed by atoms with van der Waals surface area (Å²) in [6.07, 6.45) is 0. The fourth-order valence-electron chi connectivity index (χ4n) is 1.87. The molecule has 0 atom stereocenters. The lowest BCUT2D eigenvalue weighted by Crippen LogP contribution is -2.20. The highest BCUT2D eigenvalue weighted by Gasteiger charge is 2.21. The molecule has 9 heteroatoms. The first-order valence-electron chi connectivity index (χ1n) is 6.68. The summed E-state index contributed by atoms with van der Waals surface area (Å²) in [5, 5.41) is -0.0199. The molecule has 6 nitrogen and oxygen atoms in total.